The van der Waals surface area contributed by atoms with Gasteiger partial charge in [0, 0.05) is 47.8 Å². The lowest BCUT2D eigenvalue weighted by Gasteiger charge is -2.34. The molecule has 1 aliphatic heterocycles. The monoisotopic (exact) mass is 680 g/mol. The molecule has 52 heavy (non-hydrogen) atoms. The predicted octanol–water partition coefficient (Wildman–Crippen LogP) is 13.0. The molecular formula is C47H28N4S. The highest BCUT2D eigenvalue weighted by Crippen LogP contribution is 2.53. The molecule has 0 fully saturated rings. The van der Waals surface area contributed by atoms with E-state index in [4.69, 9.17) is 15.0 Å². The van der Waals surface area contributed by atoms with E-state index < -0.39 is 0 Å². The molecular weight excluding hydrogens is 653 g/mol. The predicted molar refractivity (Wildman–Crippen MR) is 218 cm³/mol. The Morgan fingerprint density at radius 2 is 1.00 bits per heavy atom. The molecule has 0 radical (unpaired) electrons. The van der Waals surface area contributed by atoms with Crippen LogP contribution in [0.5, 0.6) is 0 Å². The quantitative estimate of drug-likeness (QED) is 0.186. The summed E-state index contributed by atoms with van der Waals surface area (Å²) in [5.74, 6) is 1.92. The van der Waals surface area contributed by atoms with Crippen LogP contribution >= 0.6 is 11.3 Å². The first kappa shape index (κ1) is 29.1. The second-order valence-electron chi connectivity index (χ2n) is 13.2. The summed E-state index contributed by atoms with van der Waals surface area (Å²) in [6.45, 7) is 0. The zero-order chi connectivity index (χ0) is 34.2. The van der Waals surface area contributed by atoms with E-state index in [-0.39, 0.29) is 0 Å². The molecule has 0 unspecified atom stereocenters. The Morgan fingerprint density at radius 3 is 1.88 bits per heavy atom. The van der Waals surface area contributed by atoms with Gasteiger partial charge in [-0.3, -0.25) is 0 Å². The van der Waals surface area contributed by atoms with Crippen LogP contribution in [0.2, 0.25) is 0 Å². The van der Waals surface area contributed by atoms with Gasteiger partial charge in [-0.1, -0.05) is 127 Å². The number of rotatable bonds is 4. The molecule has 11 rings (SSSR count). The normalized spacial score (nSPS) is 12.2. The molecule has 8 aromatic carbocycles. The molecule has 4 nitrogen and oxygen atoms in total. The van der Waals surface area contributed by atoms with Gasteiger partial charge in [0.15, 0.2) is 17.5 Å². The van der Waals surface area contributed by atoms with Crippen molar-refractivity contribution in [2.24, 2.45) is 0 Å². The lowest BCUT2D eigenvalue weighted by molar-refractivity contribution is 1.07. The lowest BCUT2D eigenvalue weighted by atomic mass is 9.89. The van der Waals surface area contributed by atoms with E-state index in [9.17, 15) is 0 Å². The molecule has 2 aromatic heterocycles. The number of thiophene rings is 1. The summed E-state index contributed by atoms with van der Waals surface area (Å²) in [6.07, 6.45) is 0. The third-order valence-corrected chi connectivity index (χ3v) is 11.3. The summed E-state index contributed by atoms with van der Waals surface area (Å²) in [5.41, 5.74) is 8.57. The Kier molecular flexibility index (Phi) is 6.39. The van der Waals surface area contributed by atoms with Crippen molar-refractivity contribution >= 4 is 70.1 Å². The fourth-order valence-corrected chi connectivity index (χ4v) is 8.96. The molecule has 1 aliphatic rings. The highest BCUT2D eigenvalue weighted by molar-refractivity contribution is 7.25. The van der Waals surface area contributed by atoms with E-state index in [0.29, 0.717) is 17.5 Å². The maximum atomic E-state index is 5.27. The fourth-order valence-electron chi connectivity index (χ4n) is 7.81. The second kappa shape index (κ2) is 11.4. The summed E-state index contributed by atoms with van der Waals surface area (Å²) in [5, 5.41) is 7.38. The molecule has 3 heterocycles. The molecule has 5 heteroatoms. The van der Waals surface area contributed by atoms with Crippen molar-refractivity contribution in [3.8, 4) is 45.3 Å². The van der Waals surface area contributed by atoms with E-state index in [1.807, 2.05) is 18.2 Å². The summed E-state index contributed by atoms with van der Waals surface area (Å²) in [7, 11) is 0. The van der Waals surface area contributed by atoms with Crippen LogP contribution in [-0.2, 0) is 0 Å². The largest absolute Gasteiger partial charge is 0.308 e. The van der Waals surface area contributed by atoms with Crippen molar-refractivity contribution in [3.05, 3.63) is 170 Å². The van der Waals surface area contributed by atoms with Crippen molar-refractivity contribution in [3.63, 3.8) is 0 Å². The molecule has 0 saturated heterocycles. The van der Waals surface area contributed by atoms with Gasteiger partial charge in [0.25, 0.3) is 0 Å². The molecule has 242 valence electrons. The SMILES string of the molecule is c1ccc(-c2nc(-c3ccc4c(c3)sc3ccccc34)nc(-c3ccccc3N3c4cc5ccccc5cc4-c4cccc5cccc3c45)n2)cc1. The second-order valence-corrected chi connectivity index (χ2v) is 14.3. The van der Waals surface area contributed by atoms with Crippen LogP contribution in [0.3, 0.4) is 0 Å². The third kappa shape index (κ3) is 4.50. The molecule has 0 atom stereocenters. The maximum absolute atomic E-state index is 5.27. The Labute approximate surface area is 303 Å². The Morgan fingerprint density at radius 1 is 0.365 bits per heavy atom. The van der Waals surface area contributed by atoms with Crippen LogP contribution in [0.25, 0.3) is 87.0 Å². The molecule has 0 N–H and O–H groups in total. The van der Waals surface area contributed by atoms with E-state index in [0.717, 1.165) is 33.8 Å². The molecule has 0 saturated carbocycles. The van der Waals surface area contributed by atoms with Crippen LogP contribution in [0, 0.1) is 0 Å². The highest BCUT2D eigenvalue weighted by Gasteiger charge is 2.29. The lowest BCUT2D eigenvalue weighted by Crippen LogP contribution is -2.16. The Hall–Kier alpha value is -6.69. The highest BCUT2D eigenvalue weighted by atomic mass is 32.1. The van der Waals surface area contributed by atoms with Crippen LogP contribution in [-0.4, -0.2) is 15.0 Å². The van der Waals surface area contributed by atoms with E-state index in [1.54, 1.807) is 11.3 Å². The fraction of sp³-hybridized carbons (Fsp3) is 0. The minimum Gasteiger partial charge on any atom is -0.308 e. The van der Waals surface area contributed by atoms with E-state index in [1.165, 1.54) is 52.8 Å². The number of aromatic nitrogens is 3. The summed E-state index contributed by atoms with van der Waals surface area (Å²) < 4.78 is 2.49. The number of fused-ring (bicyclic) bond motifs is 6. The third-order valence-electron chi connectivity index (χ3n) is 10.2. The number of para-hydroxylation sites is 1. The van der Waals surface area contributed by atoms with Gasteiger partial charge in [0.05, 0.1) is 17.1 Å². The maximum Gasteiger partial charge on any atom is 0.166 e. The van der Waals surface area contributed by atoms with Gasteiger partial charge in [-0.25, -0.2) is 15.0 Å². The molecule has 10 aromatic rings. The minimum absolute atomic E-state index is 0.629. The van der Waals surface area contributed by atoms with Gasteiger partial charge >= 0.3 is 0 Å². The average Bonchev–Trinajstić information content (AvgIpc) is 3.59. The summed E-state index contributed by atoms with van der Waals surface area (Å²) >= 11 is 1.80. The number of benzene rings is 8. The molecule has 0 spiro atoms. The first-order valence-corrected chi connectivity index (χ1v) is 18.3. The van der Waals surface area contributed by atoms with Gasteiger partial charge in [-0.15, -0.1) is 11.3 Å². The smallest absolute Gasteiger partial charge is 0.166 e. The van der Waals surface area contributed by atoms with Gasteiger partial charge in [0.1, 0.15) is 0 Å². The van der Waals surface area contributed by atoms with Gasteiger partial charge in [-0.2, -0.15) is 0 Å². The van der Waals surface area contributed by atoms with Crippen LogP contribution in [0.15, 0.2) is 170 Å². The van der Waals surface area contributed by atoms with Crippen molar-refractivity contribution in [2.75, 3.05) is 4.90 Å². The first-order chi connectivity index (χ1) is 25.8. The topological polar surface area (TPSA) is 41.9 Å². The minimum atomic E-state index is 0.629. The summed E-state index contributed by atoms with van der Waals surface area (Å²) in [4.78, 5) is 18.0. The standard InChI is InChI=1S/C47H28N4S/c1-2-12-30(13-3-1)45-48-46(33-24-25-35-34-18-7-9-23-42(34)52-43(35)28-33)50-47(49-45)37-19-6-8-21-39(37)51-40-22-11-17-29-16-10-20-36(44(29)40)38-26-31-14-4-5-15-32(31)27-41(38)51/h1-28H. The zero-order valence-corrected chi connectivity index (χ0v) is 28.7. The van der Waals surface area contributed by atoms with Crippen LogP contribution in [0.4, 0.5) is 17.1 Å². The number of nitrogens with zero attached hydrogens (tertiary/aromatic N) is 4. The van der Waals surface area contributed by atoms with Gasteiger partial charge in [0.2, 0.25) is 0 Å². The van der Waals surface area contributed by atoms with Gasteiger partial charge < -0.3 is 4.90 Å². The number of anilines is 3. The average molecular weight is 681 g/mol. The molecule has 0 bridgehead atoms. The summed E-state index contributed by atoms with van der Waals surface area (Å²) in [6, 6.07) is 60.4. The Bertz CT molecular complexity index is 3030. The van der Waals surface area contributed by atoms with Crippen molar-refractivity contribution in [1.82, 2.24) is 15.0 Å². The number of hydrogen-bond acceptors (Lipinski definition) is 5. The number of hydrogen-bond donors (Lipinski definition) is 0. The van der Waals surface area contributed by atoms with E-state index in [2.05, 4.69) is 157 Å². The van der Waals surface area contributed by atoms with Crippen molar-refractivity contribution < 1.29 is 0 Å². The van der Waals surface area contributed by atoms with Crippen LogP contribution in [0.1, 0.15) is 0 Å². The van der Waals surface area contributed by atoms with E-state index >= 15 is 0 Å². The molecule has 0 amide bonds. The molecule has 0 aliphatic carbocycles. The van der Waals surface area contributed by atoms with Crippen molar-refractivity contribution in [1.29, 1.82) is 0 Å². The van der Waals surface area contributed by atoms with Crippen molar-refractivity contribution in [2.45, 2.75) is 0 Å². The Balaban J connectivity index is 1.16. The zero-order valence-electron chi connectivity index (χ0n) is 27.9. The van der Waals surface area contributed by atoms with Gasteiger partial charge in [-0.05, 0) is 64.2 Å². The first-order valence-electron chi connectivity index (χ1n) is 17.4. The van der Waals surface area contributed by atoms with Crippen LogP contribution < -0.4 is 4.90 Å².